The summed E-state index contributed by atoms with van der Waals surface area (Å²) in [5.41, 5.74) is 6.48. The van der Waals surface area contributed by atoms with E-state index in [2.05, 4.69) is 0 Å². The fourth-order valence-electron chi connectivity index (χ4n) is 1.93. The van der Waals surface area contributed by atoms with Crippen molar-refractivity contribution in [2.45, 2.75) is 19.4 Å². The quantitative estimate of drug-likeness (QED) is 0.715. The highest BCUT2D eigenvalue weighted by Gasteiger charge is 2.26. The van der Waals surface area contributed by atoms with Gasteiger partial charge in [0.15, 0.2) is 0 Å². The van der Waals surface area contributed by atoms with Crippen LogP contribution in [0.4, 0.5) is 10.1 Å². The number of rotatable bonds is 1. The number of β-amino-alcohol motifs (C(OH)–C–C–N with tert-alkyl or cyclic N) is 1. The van der Waals surface area contributed by atoms with Crippen molar-refractivity contribution in [2.24, 2.45) is 0 Å². The second kappa shape index (κ2) is 4.33. The third-order valence-electron chi connectivity index (χ3n) is 3.08. The second-order valence-electron chi connectivity index (χ2n) is 4.37. The molecule has 0 radical (unpaired) electrons. The monoisotopic (exact) mass is 238 g/mol. The van der Waals surface area contributed by atoms with Crippen LogP contribution >= 0.6 is 0 Å². The minimum absolute atomic E-state index is 0.236. The molecule has 0 saturated carbocycles. The van der Waals surface area contributed by atoms with E-state index in [0.717, 1.165) is 0 Å². The lowest BCUT2D eigenvalue weighted by Gasteiger charge is -2.16. The fourth-order valence-corrected chi connectivity index (χ4v) is 1.93. The Balaban J connectivity index is 2.25. The first-order chi connectivity index (χ1) is 7.99. The molecule has 1 aromatic carbocycles. The van der Waals surface area contributed by atoms with Crippen LogP contribution in [0.25, 0.3) is 0 Å². The Hall–Kier alpha value is -1.62. The number of aliphatic hydroxyl groups excluding tert-OH is 1. The average molecular weight is 238 g/mol. The van der Waals surface area contributed by atoms with E-state index in [-0.39, 0.29) is 17.2 Å². The highest BCUT2D eigenvalue weighted by molar-refractivity contribution is 5.95. The van der Waals surface area contributed by atoms with Gasteiger partial charge in [-0.05, 0) is 25.5 Å². The van der Waals surface area contributed by atoms with Gasteiger partial charge in [-0.15, -0.1) is 0 Å². The molecule has 1 atom stereocenters. The van der Waals surface area contributed by atoms with E-state index in [9.17, 15) is 14.3 Å². The fraction of sp³-hybridized carbons (Fsp3) is 0.417. The molecule has 1 saturated heterocycles. The van der Waals surface area contributed by atoms with Gasteiger partial charge in [0.1, 0.15) is 5.82 Å². The smallest absolute Gasteiger partial charge is 0.254 e. The predicted molar refractivity (Wildman–Crippen MR) is 62.1 cm³/mol. The number of likely N-dealkylation sites (tertiary alicyclic amines) is 1. The van der Waals surface area contributed by atoms with Gasteiger partial charge in [0, 0.05) is 29.9 Å². The Bertz CT molecular complexity index is 439. The highest BCUT2D eigenvalue weighted by Crippen LogP contribution is 2.20. The van der Waals surface area contributed by atoms with E-state index in [1.807, 2.05) is 0 Å². The molecule has 17 heavy (non-hydrogen) atoms. The molecule has 92 valence electrons. The lowest BCUT2D eigenvalue weighted by molar-refractivity contribution is 0.0764. The van der Waals surface area contributed by atoms with Crippen LogP contribution in [0.15, 0.2) is 12.1 Å². The molecule has 1 aliphatic rings. The number of amides is 1. The Morgan fingerprint density at radius 3 is 2.82 bits per heavy atom. The molecule has 3 N–H and O–H groups in total. The summed E-state index contributed by atoms with van der Waals surface area (Å²) in [4.78, 5) is 13.5. The van der Waals surface area contributed by atoms with Crippen molar-refractivity contribution in [3.05, 3.63) is 29.1 Å². The van der Waals surface area contributed by atoms with E-state index >= 15 is 0 Å². The van der Waals surface area contributed by atoms with Gasteiger partial charge in [-0.25, -0.2) is 4.39 Å². The maximum Gasteiger partial charge on any atom is 0.254 e. The number of benzene rings is 1. The zero-order valence-electron chi connectivity index (χ0n) is 9.61. The number of hydrogen-bond acceptors (Lipinski definition) is 3. The van der Waals surface area contributed by atoms with E-state index in [4.69, 9.17) is 5.73 Å². The van der Waals surface area contributed by atoms with Gasteiger partial charge in [-0.2, -0.15) is 0 Å². The van der Waals surface area contributed by atoms with Crippen LogP contribution in [0.1, 0.15) is 22.3 Å². The van der Waals surface area contributed by atoms with Crippen molar-refractivity contribution >= 4 is 11.6 Å². The van der Waals surface area contributed by atoms with Crippen molar-refractivity contribution in [1.29, 1.82) is 0 Å². The summed E-state index contributed by atoms with van der Waals surface area (Å²) in [6.07, 6.45) is 0.0850. The number of nitrogens with two attached hydrogens (primary N) is 1. The first-order valence-electron chi connectivity index (χ1n) is 5.52. The second-order valence-corrected chi connectivity index (χ2v) is 4.37. The van der Waals surface area contributed by atoms with Crippen molar-refractivity contribution in [3.8, 4) is 0 Å². The number of halogens is 1. The summed E-state index contributed by atoms with van der Waals surface area (Å²) >= 11 is 0. The summed E-state index contributed by atoms with van der Waals surface area (Å²) in [7, 11) is 0. The van der Waals surface area contributed by atoms with Gasteiger partial charge in [0.05, 0.1) is 6.10 Å². The van der Waals surface area contributed by atoms with Crippen LogP contribution in [0.2, 0.25) is 0 Å². The summed E-state index contributed by atoms with van der Waals surface area (Å²) in [6.45, 7) is 2.36. The predicted octanol–water partition coefficient (Wildman–Crippen LogP) is 0.923. The van der Waals surface area contributed by atoms with Crippen molar-refractivity contribution < 1.29 is 14.3 Å². The Kier molecular flexibility index (Phi) is 3.02. The molecule has 4 nitrogen and oxygen atoms in total. The maximum atomic E-state index is 13.5. The molecule has 5 heteroatoms. The van der Waals surface area contributed by atoms with Crippen LogP contribution in [0.3, 0.4) is 0 Å². The lowest BCUT2D eigenvalue weighted by atomic mass is 10.1. The average Bonchev–Trinajstić information content (AvgIpc) is 2.71. The number of aliphatic hydroxyl groups is 1. The molecule has 1 heterocycles. The van der Waals surface area contributed by atoms with Gasteiger partial charge in [0.2, 0.25) is 0 Å². The largest absolute Gasteiger partial charge is 0.398 e. The molecule has 0 bridgehead atoms. The number of hydrogen-bond donors (Lipinski definition) is 2. The standard InChI is InChI=1S/C12H15FN2O2/c1-7-10(13)4-8(5-11(7)14)12(17)15-3-2-9(16)6-15/h4-5,9,16H,2-3,6,14H2,1H3/t9-/m0/s1. The topological polar surface area (TPSA) is 66.6 Å². The maximum absolute atomic E-state index is 13.5. The zero-order chi connectivity index (χ0) is 12.6. The zero-order valence-corrected chi connectivity index (χ0v) is 9.61. The summed E-state index contributed by atoms with van der Waals surface area (Å²) < 4.78 is 13.5. The van der Waals surface area contributed by atoms with Crippen LogP contribution in [0, 0.1) is 12.7 Å². The molecule has 1 aliphatic heterocycles. The van der Waals surface area contributed by atoms with E-state index in [1.54, 1.807) is 6.92 Å². The van der Waals surface area contributed by atoms with E-state index < -0.39 is 11.9 Å². The van der Waals surface area contributed by atoms with Crippen molar-refractivity contribution in [2.75, 3.05) is 18.8 Å². The molecule has 1 aromatic rings. The van der Waals surface area contributed by atoms with Gasteiger partial charge in [-0.1, -0.05) is 0 Å². The molecule has 1 fully saturated rings. The number of carbonyl (C=O) groups is 1. The minimum Gasteiger partial charge on any atom is -0.398 e. The van der Waals surface area contributed by atoms with Crippen molar-refractivity contribution in [1.82, 2.24) is 4.90 Å². The Labute approximate surface area is 98.8 Å². The molecule has 1 amide bonds. The van der Waals surface area contributed by atoms with Gasteiger partial charge >= 0.3 is 0 Å². The molecule has 0 aromatic heterocycles. The Morgan fingerprint density at radius 1 is 1.59 bits per heavy atom. The van der Waals surface area contributed by atoms with Gasteiger partial charge in [0.25, 0.3) is 5.91 Å². The van der Waals surface area contributed by atoms with Crippen LogP contribution in [-0.2, 0) is 0 Å². The normalized spacial score (nSPS) is 19.7. The number of nitrogens with zero attached hydrogens (tertiary/aromatic N) is 1. The number of nitrogen functional groups attached to an aromatic ring is 1. The summed E-state index contributed by atoms with van der Waals surface area (Å²) in [5.74, 6) is -0.764. The number of carbonyl (C=O) groups excluding carboxylic acids is 1. The van der Waals surface area contributed by atoms with Crippen LogP contribution in [0.5, 0.6) is 0 Å². The SMILES string of the molecule is Cc1c(N)cc(C(=O)N2CC[C@H](O)C2)cc1F. The minimum atomic E-state index is -0.480. The summed E-state index contributed by atoms with van der Waals surface area (Å²) in [5, 5.41) is 9.36. The molecular formula is C12H15FN2O2. The lowest BCUT2D eigenvalue weighted by Crippen LogP contribution is -2.29. The van der Waals surface area contributed by atoms with Gasteiger partial charge < -0.3 is 15.7 Å². The molecular weight excluding hydrogens is 223 g/mol. The van der Waals surface area contributed by atoms with Crippen LogP contribution in [-0.4, -0.2) is 35.1 Å². The van der Waals surface area contributed by atoms with Crippen LogP contribution < -0.4 is 5.73 Å². The third kappa shape index (κ3) is 2.24. The van der Waals surface area contributed by atoms with Gasteiger partial charge in [-0.3, -0.25) is 4.79 Å². The van der Waals surface area contributed by atoms with E-state index in [1.165, 1.54) is 17.0 Å². The first-order valence-corrected chi connectivity index (χ1v) is 5.52. The van der Waals surface area contributed by atoms with Crippen molar-refractivity contribution in [3.63, 3.8) is 0 Å². The summed E-state index contributed by atoms with van der Waals surface area (Å²) in [6, 6.07) is 2.67. The molecule has 0 unspecified atom stereocenters. The third-order valence-corrected chi connectivity index (χ3v) is 3.08. The highest BCUT2D eigenvalue weighted by atomic mass is 19.1. The molecule has 0 aliphatic carbocycles. The Morgan fingerprint density at radius 2 is 2.29 bits per heavy atom. The number of anilines is 1. The molecule has 2 rings (SSSR count). The van der Waals surface area contributed by atoms with E-state index in [0.29, 0.717) is 25.1 Å². The molecule has 0 spiro atoms. The first kappa shape index (κ1) is 11.9.